The van der Waals surface area contributed by atoms with Gasteiger partial charge in [-0.1, -0.05) is 24.4 Å². The summed E-state index contributed by atoms with van der Waals surface area (Å²) in [5.74, 6) is 2.60. The van der Waals surface area contributed by atoms with Crippen molar-refractivity contribution in [1.29, 1.82) is 0 Å². The Hall–Kier alpha value is -1.46. The lowest BCUT2D eigenvalue weighted by molar-refractivity contribution is -0.645. The summed E-state index contributed by atoms with van der Waals surface area (Å²) < 4.78 is 4.27. The zero-order valence-corrected chi connectivity index (χ0v) is 10.3. The summed E-state index contributed by atoms with van der Waals surface area (Å²) >= 11 is 6.12. The predicted molar refractivity (Wildman–Crippen MR) is 66.4 cm³/mol. The van der Waals surface area contributed by atoms with E-state index in [9.17, 15) is 0 Å². The fraction of sp³-hybridized carbons (Fsp3) is 0.308. The number of aryl methyl sites for hydroxylation is 2. The molecule has 82 valence electrons. The van der Waals surface area contributed by atoms with Crippen LogP contribution in [-0.4, -0.2) is 4.57 Å². The zero-order chi connectivity index (χ0) is 11.7. The predicted octanol–water partition coefficient (Wildman–Crippen LogP) is 2.51. The molecule has 16 heavy (non-hydrogen) atoms. The molecule has 0 aliphatic heterocycles. The number of halogens is 1. The molecular formula is C13H14ClN2+. The summed E-state index contributed by atoms with van der Waals surface area (Å²) in [6.45, 7) is 3.15. The van der Waals surface area contributed by atoms with Gasteiger partial charge in [-0.2, -0.15) is 0 Å². The Balaban J connectivity index is 2.73. The summed E-state index contributed by atoms with van der Waals surface area (Å²) in [4.78, 5) is 0. The highest BCUT2D eigenvalue weighted by molar-refractivity contribution is 6.32. The molecule has 2 rings (SSSR count). The van der Waals surface area contributed by atoms with Gasteiger partial charge >= 0.3 is 0 Å². The Morgan fingerprint density at radius 2 is 2.25 bits per heavy atom. The van der Waals surface area contributed by atoms with Gasteiger partial charge in [-0.3, -0.25) is 0 Å². The molecule has 2 aromatic rings. The average molecular weight is 234 g/mol. The van der Waals surface area contributed by atoms with Crippen LogP contribution in [0.15, 0.2) is 18.5 Å². The third-order valence-electron chi connectivity index (χ3n) is 2.69. The van der Waals surface area contributed by atoms with Crippen molar-refractivity contribution in [3.05, 3.63) is 29.0 Å². The van der Waals surface area contributed by atoms with Gasteiger partial charge < -0.3 is 0 Å². The summed E-state index contributed by atoms with van der Waals surface area (Å²) in [7, 11) is 2.02. The fourth-order valence-electron chi connectivity index (χ4n) is 1.93. The van der Waals surface area contributed by atoms with Crippen molar-refractivity contribution in [3.8, 4) is 12.3 Å². The summed E-state index contributed by atoms with van der Waals surface area (Å²) in [5, 5.41) is 0.644. The molecule has 3 heteroatoms. The maximum atomic E-state index is 6.12. The number of fused-ring (bicyclic) bond motifs is 1. The van der Waals surface area contributed by atoms with Gasteiger partial charge in [-0.05, 0) is 6.42 Å². The molecule has 2 nitrogen and oxygen atoms in total. The molecule has 0 bridgehead atoms. The van der Waals surface area contributed by atoms with Gasteiger partial charge in [0.15, 0.2) is 11.0 Å². The summed E-state index contributed by atoms with van der Waals surface area (Å²) in [6, 6.07) is 3.91. The van der Waals surface area contributed by atoms with Crippen LogP contribution < -0.4 is 4.57 Å². The Kier molecular flexibility index (Phi) is 2.89. The fourth-order valence-corrected chi connectivity index (χ4v) is 2.14. The average Bonchev–Trinajstić information content (AvgIpc) is 2.55. The van der Waals surface area contributed by atoms with Gasteiger partial charge in [0.1, 0.15) is 0 Å². The van der Waals surface area contributed by atoms with Crippen LogP contribution in [0.5, 0.6) is 0 Å². The van der Waals surface area contributed by atoms with Crippen LogP contribution in [0.1, 0.15) is 18.9 Å². The van der Waals surface area contributed by atoms with Crippen LogP contribution in [-0.2, 0) is 13.6 Å². The molecule has 0 N–H and O–H groups in total. The number of terminal acetylenes is 1. The Bertz CT molecular complexity index is 576. The molecule has 1 aromatic carbocycles. The minimum Gasteiger partial charge on any atom is -0.233 e. The third kappa shape index (κ3) is 1.68. The van der Waals surface area contributed by atoms with Gasteiger partial charge in [0.05, 0.1) is 18.6 Å². The van der Waals surface area contributed by atoms with Gasteiger partial charge in [0.2, 0.25) is 6.33 Å². The van der Waals surface area contributed by atoms with Crippen LogP contribution in [0.2, 0.25) is 5.02 Å². The van der Waals surface area contributed by atoms with E-state index in [1.165, 1.54) is 0 Å². The number of benzene rings is 1. The molecule has 0 amide bonds. The Morgan fingerprint density at radius 3 is 2.88 bits per heavy atom. The first-order valence-corrected chi connectivity index (χ1v) is 5.69. The number of imidazole rings is 1. The first-order valence-electron chi connectivity index (χ1n) is 5.32. The summed E-state index contributed by atoms with van der Waals surface area (Å²) in [6.07, 6.45) is 8.58. The minimum absolute atomic E-state index is 0.644. The van der Waals surface area contributed by atoms with Crippen LogP contribution in [0.4, 0.5) is 0 Å². The highest BCUT2D eigenvalue weighted by atomic mass is 35.5. The third-order valence-corrected chi connectivity index (χ3v) is 3.00. The lowest BCUT2D eigenvalue weighted by Gasteiger charge is -1.97. The van der Waals surface area contributed by atoms with Gasteiger partial charge in [-0.15, -0.1) is 6.42 Å². The molecular weight excluding hydrogens is 220 g/mol. The van der Waals surface area contributed by atoms with Crippen LogP contribution in [0.25, 0.3) is 11.0 Å². The molecule has 0 unspecified atom stereocenters. The van der Waals surface area contributed by atoms with E-state index in [1.807, 2.05) is 19.2 Å². The lowest BCUT2D eigenvalue weighted by atomic mass is 10.2. The number of hydrogen-bond acceptors (Lipinski definition) is 0. The molecule has 0 aliphatic carbocycles. The van der Waals surface area contributed by atoms with Gasteiger partial charge in [-0.25, -0.2) is 9.13 Å². The van der Waals surface area contributed by atoms with Crippen molar-refractivity contribution in [2.75, 3.05) is 0 Å². The monoisotopic (exact) mass is 233 g/mol. The topological polar surface area (TPSA) is 8.81 Å². The Morgan fingerprint density at radius 1 is 1.50 bits per heavy atom. The van der Waals surface area contributed by atoms with Crippen molar-refractivity contribution in [2.24, 2.45) is 7.05 Å². The van der Waals surface area contributed by atoms with Crippen molar-refractivity contribution >= 4 is 22.6 Å². The largest absolute Gasteiger partial charge is 0.244 e. The van der Waals surface area contributed by atoms with Crippen molar-refractivity contribution in [1.82, 2.24) is 4.57 Å². The molecule has 0 aliphatic rings. The molecule has 0 saturated carbocycles. The number of rotatable bonds is 2. The molecule has 0 saturated heterocycles. The summed E-state index contributed by atoms with van der Waals surface area (Å²) in [5.41, 5.74) is 3.00. The lowest BCUT2D eigenvalue weighted by Crippen LogP contribution is -2.25. The highest BCUT2D eigenvalue weighted by Gasteiger charge is 2.14. The molecule has 1 heterocycles. The van der Waals surface area contributed by atoms with Crippen LogP contribution in [0.3, 0.4) is 0 Å². The number of aromatic nitrogens is 2. The smallest absolute Gasteiger partial charge is 0.233 e. The number of hydrogen-bond donors (Lipinski definition) is 0. The highest BCUT2D eigenvalue weighted by Crippen LogP contribution is 2.22. The normalized spacial score (nSPS) is 10.6. The minimum atomic E-state index is 0.644. The standard InChI is InChI=1S/C13H14ClN2/c1-4-6-16-9-15(3)12-7-10(5-2)11(14)8-13(12)16/h2,7-9H,4,6H2,1,3H3/q+1. The van der Waals surface area contributed by atoms with Gasteiger partial charge in [0, 0.05) is 17.7 Å². The van der Waals surface area contributed by atoms with Crippen molar-refractivity contribution in [3.63, 3.8) is 0 Å². The second-order valence-corrected chi connectivity index (χ2v) is 4.29. The first kappa shape index (κ1) is 11.0. The van der Waals surface area contributed by atoms with E-state index in [0.717, 1.165) is 29.6 Å². The zero-order valence-electron chi connectivity index (χ0n) is 9.50. The van der Waals surface area contributed by atoms with Crippen molar-refractivity contribution < 1.29 is 4.57 Å². The first-order chi connectivity index (χ1) is 7.67. The molecule has 0 spiro atoms. The SMILES string of the molecule is C#Cc1cc2c(cc1Cl)n(CCC)c[n+]2C. The van der Waals surface area contributed by atoms with Crippen LogP contribution in [0, 0.1) is 12.3 Å². The quantitative estimate of drug-likeness (QED) is 0.557. The van der Waals surface area contributed by atoms with E-state index in [0.29, 0.717) is 5.02 Å². The van der Waals surface area contributed by atoms with Gasteiger partial charge in [0.25, 0.3) is 0 Å². The van der Waals surface area contributed by atoms with E-state index in [-0.39, 0.29) is 0 Å². The maximum absolute atomic E-state index is 6.12. The maximum Gasteiger partial charge on any atom is 0.244 e. The second kappa shape index (κ2) is 4.19. The number of nitrogens with zero attached hydrogens (tertiary/aromatic N) is 2. The van der Waals surface area contributed by atoms with E-state index < -0.39 is 0 Å². The molecule has 0 radical (unpaired) electrons. The molecule has 0 fully saturated rings. The van der Waals surface area contributed by atoms with E-state index >= 15 is 0 Å². The van der Waals surface area contributed by atoms with E-state index in [2.05, 4.69) is 28.3 Å². The Labute approximate surface area is 100 Å². The van der Waals surface area contributed by atoms with Crippen LogP contribution >= 0.6 is 11.6 Å². The molecule has 1 aromatic heterocycles. The van der Waals surface area contributed by atoms with E-state index in [4.69, 9.17) is 18.0 Å². The molecule has 0 atom stereocenters. The second-order valence-electron chi connectivity index (χ2n) is 3.88. The van der Waals surface area contributed by atoms with E-state index in [1.54, 1.807) is 0 Å². The van der Waals surface area contributed by atoms with Crippen molar-refractivity contribution in [2.45, 2.75) is 19.9 Å².